The Bertz CT molecular complexity index is 1140. The minimum Gasteiger partial charge on any atom is -0.343 e. The van der Waals surface area contributed by atoms with Crippen LogP contribution in [0.5, 0.6) is 0 Å². The van der Waals surface area contributed by atoms with Crippen molar-refractivity contribution in [1.82, 2.24) is 25.8 Å². The van der Waals surface area contributed by atoms with Gasteiger partial charge in [0, 0.05) is 38.2 Å². The fourth-order valence-electron chi connectivity index (χ4n) is 2.71. The van der Waals surface area contributed by atoms with E-state index in [0.29, 0.717) is 19.5 Å². The number of nitro groups is 1. The van der Waals surface area contributed by atoms with Gasteiger partial charge in [-0.3, -0.25) is 24.7 Å². The SMILES string of the molecule is O=C(CCNCCc1nc(C(=O)NCc2ncccc2F)no1)Nc1ccccc1[N+](=O)[O-]. The van der Waals surface area contributed by atoms with Crippen molar-refractivity contribution in [2.75, 3.05) is 18.4 Å². The Morgan fingerprint density at radius 3 is 2.76 bits per heavy atom. The van der Waals surface area contributed by atoms with E-state index in [9.17, 15) is 24.1 Å². The Balaban J connectivity index is 1.36. The van der Waals surface area contributed by atoms with Crippen molar-refractivity contribution in [3.8, 4) is 0 Å². The third-order valence-electron chi connectivity index (χ3n) is 4.34. The Morgan fingerprint density at radius 1 is 1.15 bits per heavy atom. The number of nitrogens with one attached hydrogen (secondary N) is 3. The summed E-state index contributed by atoms with van der Waals surface area (Å²) < 4.78 is 18.5. The molecule has 2 heterocycles. The molecule has 0 saturated heterocycles. The zero-order valence-corrected chi connectivity index (χ0v) is 17.3. The van der Waals surface area contributed by atoms with Gasteiger partial charge >= 0.3 is 0 Å². The van der Waals surface area contributed by atoms with Crippen LogP contribution < -0.4 is 16.0 Å². The highest BCUT2D eigenvalue weighted by atomic mass is 19.1. The van der Waals surface area contributed by atoms with Gasteiger partial charge < -0.3 is 20.5 Å². The van der Waals surface area contributed by atoms with E-state index in [0.717, 1.165) is 0 Å². The van der Waals surface area contributed by atoms with Crippen LogP contribution in [0.1, 0.15) is 28.6 Å². The van der Waals surface area contributed by atoms with Gasteiger partial charge in [-0.2, -0.15) is 4.98 Å². The second-order valence-corrected chi connectivity index (χ2v) is 6.70. The lowest BCUT2D eigenvalue weighted by Crippen LogP contribution is -2.25. The molecule has 1 aromatic carbocycles. The summed E-state index contributed by atoms with van der Waals surface area (Å²) in [6, 6.07) is 8.56. The standard InChI is InChI=1S/C20H20FN7O5/c21-13-4-3-9-23-15(13)12-24-20(30)19-26-18(33-27-19)8-11-22-10-7-17(29)25-14-5-1-2-6-16(14)28(31)32/h1-6,9,22H,7-8,10-12H2,(H,24,30)(H,25,29). The molecule has 0 unspecified atom stereocenters. The number of para-hydroxylation sites is 2. The van der Waals surface area contributed by atoms with Crippen LogP contribution in [0.3, 0.4) is 0 Å². The molecule has 2 aromatic heterocycles. The van der Waals surface area contributed by atoms with Gasteiger partial charge in [0.2, 0.25) is 11.8 Å². The molecule has 33 heavy (non-hydrogen) atoms. The third kappa shape index (κ3) is 6.87. The van der Waals surface area contributed by atoms with Gasteiger partial charge in [0.25, 0.3) is 17.4 Å². The number of halogens is 1. The van der Waals surface area contributed by atoms with E-state index >= 15 is 0 Å². The fraction of sp³-hybridized carbons (Fsp3) is 0.250. The molecule has 172 valence electrons. The quantitative estimate of drug-likeness (QED) is 0.220. The monoisotopic (exact) mass is 457 g/mol. The maximum Gasteiger partial charge on any atom is 0.293 e. The number of nitrogens with zero attached hydrogens (tertiary/aromatic N) is 4. The van der Waals surface area contributed by atoms with E-state index in [4.69, 9.17) is 4.52 Å². The van der Waals surface area contributed by atoms with E-state index in [1.165, 1.54) is 36.5 Å². The Labute approximate surface area is 186 Å². The number of carbonyl (C=O) groups is 2. The number of carbonyl (C=O) groups excluding carboxylic acids is 2. The Kier molecular flexibility index (Phi) is 8.07. The lowest BCUT2D eigenvalue weighted by Gasteiger charge is -2.06. The molecule has 3 rings (SSSR count). The minimum atomic E-state index is -0.630. The first-order chi connectivity index (χ1) is 15.9. The maximum absolute atomic E-state index is 13.5. The summed E-state index contributed by atoms with van der Waals surface area (Å²) in [5.74, 6) is -1.52. The number of hydrogen-bond acceptors (Lipinski definition) is 9. The van der Waals surface area contributed by atoms with Gasteiger partial charge in [0.05, 0.1) is 17.2 Å². The van der Waals surface area contributed by atoms with Crippen LogP contribution in [0.4, 0.5) is 15.8 Å². The van der Waals surface area contributed by atoms with Crippen LogP contribution in [0.25, 0.3) is 0 Å². The maximum atomic E-state index is 13.5. The lowest BCUT2D eigenvalue weighted by molar-refractivity contribution is -0.383. The number of amides is 2. The Morgan fingerprint density at radius 2 is 1.97 bits per heavy atom. The number of hydrogen-bond donors (Lipinski definition) is 3. The van der Waals surface area contributed by atoms with Crippen LogP contribution in [-0.2, 0) is 17.8 Å². The van der Waals surface area contributed by atoms with E-state index in [1.807, 2.05) is 0 Å². The molecule has 0 spiro atoms. The average molecular weight is 457 g/mol. The van der Waals surface area contributed by atoms with Crippen LogP contribution in [-0.4, -0.2) is 45.0 Å². The molecule has 0 aliphatic rings. The number of anilines is 1. The van der Waals surface area contributed by atoms with Crippen molar-refractivity contribution in [3.63, 3.8) is 0 Å². The highest BCUT2D eigenvalue weighted by molar-refractivity contribution is 5.93. The van der Waals surface area contributed by atoms with Crippen LogP contribution in [0, 0.1) is 15.9 Å². The smallest absolute Gasteiger partial charge is 0.293 e. The number of nitro benzene ring substituents is 1. The van der Waals surface area contributed by atoms with Crippen molar-refractivity contribution in [2.45, 2.75) is 19.4 Å². The largest absolute Gasteiger partial charge is 0.343 e. The topological polar surface area (TPSA) is 165 Å². The number of pyridine rings is 1. The molecular formula is C20H20FN7O5. The molecule has 0 atom stereocenters. The van der Waals surface area contributed by atoms with Gasteiger partial charge in [-0.15, -0.1) is 0 Å². The molecule has 12 nitrogen and oxygen atoms in total. The zero-order chi connectivity index (χ0) is 23.6. The predicted octanol–water partition coefficient (Wildman–Crippen LogP) is 1.60. The molecule has 0 bridgehead atoms. The molecule has 0 radical (unpaired) electrons. The number of rotatable bonds is 11. The summed E-state index contributed by atoms with van der Waals surface area (Å²) in [4.78, 5) is 42.3. The van der Waals surface area contributed by atoms with Gasteiger partial charge in [0.15, 0.2) is 0 Å². The van der Waals surface area contributed by atoms with Crippen LogP contribution in [0.2, 0.25) is 0 Å². The van der Waals surface area contributed by atoms with E-state index < -0.39 is 16.6 Å². The summed E-state index contributed by atoms with van der Waals surface area (Å²) in [6.07, 6.45) is 1.81. The first-order valence-electron chi connectivity index (χ1n) is 9.88. The van der Waals surface area contributed by atoms with E-state index in [2.05, 4.69) is 31.1 Å². The highest BCUT2D eigenvalue weighted by Gasteiger charge is 2.16. The summed E-state index contributed by atoms with van der Waals surface area (Å²) in [7, 11) is 0. The van der Waals surface area contributed by atoms with Gasteiger partial charge in [-0.1, -0.05) is 17.3 Å². The van der Waals surface area contributed by atoms with Gasteiger partial charge in [0.1, 0.15) is 11.5 Å². The molecule has 13 heteroatoms. The lowest BCUT2D eigenvalue weighted by atomic mass is 10.2. The third-order valence-corrected chi connectivity index (χ3v) is 4.34. The van der Waals surface area contributed by atoms with Gasteiger partial charge in [-0.25, -0.2) is 4.39 Å². The van der Waals surface area contributed by atoms with E-state index in [1.54, 1.807) is 6.07 Å². The molecule has 0 aliphatic heterocycles. The Hall–Kier alpha value is -4.26. The van der Waals surface area contributed by atoms with Crippen molar-refractivity contribution < 1.29 is 23.4 Å². The van der Waals surface area contributed by atoms with Crippen LogP contribution in [0.15, 0.2) is 47.1 Å². The average Bonchev–Trinajstić information content (AvgIpc) is 3.27. The van der Waals surface area contributed by atoms with Crippen molar-refractivity contribution in [1.29, 1.82) is 0 Å². The van der Waals surface area contributed by atoms with Crippen molar-refractivity contribution in [2.24, 2.45) is 0 Å². The second-order valence-electron chi connectivity index (χ2n) is 6.70. The number of benzene rings is 1. The second kappa shape index (κ2) is 11.4. The summed E-state index contributed by atoms with van der Waals surface area (Å²) in [6.45, 7) is 0.579. The first-order valence-corrected chi connectivity index (χ1v) is 9.88. The fourth-order valence-corrected chi connectivity index (χ4v) is 2.71. The summed E-state index contributed by atoms with van der Waals surface area (Å²) >= 11 is 0. The molecule has 3 N–H and O–H groups in total. The molecular weight excluding hydrogens is 437 g/mol. The van der Waals surface area contributed by atoms with Crippen LogP contribution >= 0.6 is 0 Å². The molecule has 0 fully saturated rings. The molecule has 2 amide bonds. The molecule has 0 saturated carbocycles. The first kappa shape index (κ1) is 23.4. The van der Waals surface area contributed by atoms with Crippen molar-refractivity contribution in [3.05, 3.63) is 75.9 Å². The van der Waals surface area contributed by atoms with Crippen molar-refractivity contribution >= 4 is 23.2 Å². The van der Waals surface area contributed by atoms with Gasteiger partial charge in [-0.05, 0) is 18.2 Å². The number of aromatic nitrogens is 3. The normalized spacial score (nSPS) is 10.6. The predicted molar refractivity (Wildman–Crippen MR) is 113 cm³/mol. The highest BCUT2D eigenvalue weighted by Crippen LogP contribution is 2.23. The summed E-state index contributed by atoms with van der Waals surface area (Å²) in [5, 5.41) is 22.5. The molecule has 0 aliphatic carbocycles. The zero-order valence-electron chi connectivity index (χ0n) is 17.3. The minimum absolute atomic E-state index is 0.0877. The molecule has 3 aromatic rings. The summed E-state index contributed by atoms with van der Waals surface area (Å²) in [5.41, 5.74) is 0.0415. The van der Waals surface area contributed by atoms with E-state index in [-0.39, 0.29) is 47.7 Å².